The molecule has 1 heterocycles. The van der Waals surface area contributed by atoms with Gasteiger partial charge in [-0.3, -0.25) is 4.98 Å². The molecule has 0 aliphatic heterocycles. The van der Waals surface area contributed by atoms with Crippen LogP contribution in [-0.4, -0.2) is 4.98 Å². The van der Waals surface area contributed by atoms with E-state index in [2.05, 4.69) is 57.3 Å². The molecule has 4 rings (SSSR count). The van der Waals surface area contributed by atoms with Crippen LogP contribution in [0.25, 0.3) is 11.3 Å². The van der Waals surface area contributed by atoms with Crippen LogP contribution < -0.4 is 0 Å². The lowest BCUT2D eigenvalue weighted by atomic mass is 9.86. The Hall–Kier alpha value is -1.63. The highest BCUT2D eigenvalue weighted by Gasteiger charge is 2.37. The molecule has 108 valence electrons. The van der Waals surface area contributed by atoms with E-state index >= 15 is 0 Å². The molecule has 1 heteroatoms. The molecule has 1 aromatic heterocycles. The van der Waals surface area contributed by atoms with Crippen molar-refractivity contribution in [1.82, 2.24) is 4.98 Å². The van der Waals surface area contributed by atoms with E-state index in [-0.39, 0.29) is 5.41 Å². The number of hydrogen-bond acceptors (Lipinski definition) is 1. The van der Waals surface area contributed by atoms with Gasteiger partial charge in [0.1, 0.15) is 0 Å². The summed E-state index contributed by atoms with van der Waals surface area (Å²) in [5.74, 6) is 1.61. The van der Waals surface area contributed by atoms with Crippen molar-refractivity contribution in [2.45, 2.75) is 57.3 Å². The molecular weight excluding hydrogens is 254 g/mol. The Morgan fingerprint density at radius 2 is 1.62 bits per heavy atom. The molecule has 2 atom stereocenters. The van der Waals surface area contributed by atoms with E-state index in [1.165, 1.54) is 36.0 Å². The second kappa shape index (κ2) is 4.43. The zero-order valence-corrected chi connectivity index (χ0v) is 13.2. The normalized spacial score (nSPS) is 23.4. The zero-order valence-electron chi connectivity index (χ0n) is 13.2. The molecule has 0 radical (unpaired) electrons. The Morgan fingerprint density at radius 3 is 2.29 bits per heavy atom. The molecule has 2 unspecified atom stereocenters. The van der Waals surface area contributed by atoms with Crippen LogP contribution in [0.5, 0.6) is 0 Å². The fraction of sp³-hybridized carbons (Fsp3) is 0.450. The fourth-order valence-corrected chi connectivity index (χ4v) is 4.02. The second-order valence-corrected chi connectivity index (χ2v) is 7.73. The van der Waals surface area contributed by atoms with Gasteiger partial charge in [-0.05, 0) is 59.3 Å². The molecule has 0 N–H and O–H groups in total. The average molecular weight is 277 g/mol. The van der Waals surface area contributed by atoms with Crippen molar-refractivity contribution in [3.05, 3.63) is 53.2 Å². The van der Waals surface area contributed by atoms with Crippen molar-refractivity contribution in [2.24, 2.45) is 0 Å². The summed E-state index contributed by atoms with van der Waals surface area (Å²) < 4.78 is 0. The number of nitrogens with zero attached hydrogens (tertiary/aromatic N) is 1. The van der Waals surface area contributed by atoms with Gasteiger partial charge < -0.3 is 0 Å². The van der Waals surface area contributed by atoms with Gasteiger partial charge in [-0.15, -0.1) is 0 Å². The van der Waals surface area contributed by atoms with E-state index in [9.17, 15) is 0 Å². The molecule has 0 spiro atoms. The Bertz CT molecular complexity index is 676. The third-order valence-corrected chi connectivity index (χ3v) is 5.33. The van der Waals surface area contributed by atoms with Gasteiger partial charge >= 0.3 is 0 Å². The quantitative estimate of drug-likeness (QED) is 0.679. The largest absolute Gasteiger partial charge is 0.256 e. The standard InChI is InChI=1S/C20H23N/c1-20(2,3)16-8-6-13(7-9-16)19-11-17-14-4-5-15(10-14)18(17)12-21-19/h6-9,11-12,14-15H,4-5,10H2,1-3H3. The number of fused-ring (bicyclic) bond motifs is 5. The Labute approximate surface area is 127 Å². The van der Waals surface area contributed by atoms with Crippen LogP contribution in [0.2, 0.25) is 0 Å². The third-order valence-electron chi connectivity index (χ3n) is 5.33. The molecule has 1 fully saturated rings. The first kappa shape index (κ1) is 13.1. The maximum atomic E-state index is 4.73. The van der Waals surface area contributed by atoms with Crippen LogP contribution in [0.3, 0.4) is 0 Å². The number of pyridine rings is 1. The van der Waals surface area contributed by atoms with Gasteiger partial charge in [-0.25, -0.2) is 0 Å². The van der Waals surface area contributed by atoms with Crippen LogP contribution in [-0.2, 0) is 5.41 Å². The molecule has 0 amide bonds. The second-order valence-electron chi connectivity index (χ2n) is 7.73. The SMILES string of the molecule is CC(C)(C)c1ccc(-c2cc3c(cn2)C2CCC3C2)cc1. The number of hydrogen-bond donors (Lipinski definition) is 0. The minimum atomic E-state index is 0.211. The number of aromatic nitrogens is 1. The summed E-state index contributed by atoms with van der Waals surface area (Å²) in [6.07, 6.45) is 6.26. The highest BCUT2D eigenvalue weighted by Crippen LogP contribution is 2.53. The molecule has 1 saturated carbocycles. The summed E-state index contributed by atoms with van der Waals surface area (Å²) in [7, 11) is 0. The Morgan fingerprint density at radius 1 is 0.952 bits per heavy atom. The van der Waals surface area contributed by atoms with Crippen LogP contribution in [0.15, 0.2) is 36.5 Å². The predicted molar refractivity (Wildman–Crippen MR) is 87.7 cm³/mol. The minimum absolute atomic E-state index is 0.211. The van der Waals surface area contributed by atoms with Crippen LogP contribution in [0.4, 0.5) is 0 Å². The van der Waals surface area contributed by atoms with Gasteiger partial charge in [0, 0.05) is 11.8 Å². The first-order valence-corrected chi connectivity index (χ1v) is 8.13. The molecule has 2 aliphatic carbocycles. The van der Waals surface area contributed by atoms with Crippen molar-refractivity contribution in [3.8, 4) is 11.3 Å². The Kier molecular flexibility index (Phi) is 2.76. The van der Waals surface area contributed by atoms with Crippen molar-refractivity contribution in [2.75, 3.05) is 0 Å². The molecule has 2 aliphatic rings. The molecule has 1 nitrogen and oxygen atoms in total. The molecule has 21 heavy (non-hydrogen) atoms. The molecular formula is C20H23N. The van der Waals surface area contributed by atoms with Gasteiger partial charge in [0.05, 0.1) is 5.69 Å². The van der Waals surface area contributed by atoms with Gasteiger partial charge in [0.25, 0.3) is 0 Å². The van der Waals surface area contributed by atoms with Gasteiger partial charge in [0.2, 0.25) is 0 Å². The maximum absolute atomic E-state index is 4.73. The highest BCUT2D eigenvalue weighted by atomic mass is 14.7. The lowest BCUT2D eigenvalue weighted by molar-refractivity contribution is 0.590. The summed E-state index contributed by atoms with van der Waals surface area (Å²) in [5, 5.41) is 0. The van der Waals surface area contributed by atoms with E-state index in [0.29, 0.717) is 0 Å². The van der Waals surface area contributed by atoms with E-state index < -0.39 is 0 Å². The van der Waals surface area contributed by atoms with Crippen molar-refractivity contribution < 1.29 is 0 Å². The van der Waals surface area contributed by atoms with Gasteiger partial charge in [-0.1, -0.05) is 45.0 Å². The van der Waals surface area contributed by atoms with Gasteiger partial charge in [0.15, 0.2) is 0 Å². The van der Waals surface area contributed by atoms with E-state index in [1.807, 2.05) is 0 Å². The summed E-state index contributed by atoms with van der Waals surface area (Å²) in [6, 6.07) is 11.3. The molecule has 1 aromatic carbocycles. The zero-order chi connectivity index (χ0) is 14.6. The van der Waals surface area contributed by atoms with E-state index in [4.69, 9.17) is 4.98 Å². The summed E-state index contributed by atoms with van der Waals surface area (Å²) in [4.78, 5) is 4.73. The topological polar surface area (TPSA) is 12.9 Å². The van der Waals surface area contributed by atoms with Crippen molar-refractivity contribution in [1.29, 1.82) is 0 Å². The summed E-state index contributed by atoms with van der Waals surface area (Å²) >= 11 is 0. The minimum Gasteiger partial charge on any atom is -0.256 e. The lowest BCUT2D eigenvalue weighted by Gasteiger charge is -2.19. The molecule has 2 bridgehead atoms. The molecule has 0 saturated heterocycles. The smallest absolute Gasteiger partial charge is 0.0705 e. The molecule has 2 aromatic rings. The maximum Gasteiger partial charge on any atom is 0.0705 e. The third kappa shape index (κ3) is 2.10. The first-order valence-electron chi connectivity index (χ1n) is 8.13. The van der Waals surface area contributed by atoms with Crippen LogP contribution in [0, 0.1) is 0 Å². The Balaban J connectivity index is 1.70. The predicted octanol–water partition coefficient (Wildman–Crippen LogP) is 5.41. The number of benzene rings is 1. The lowest BCUT2D eigenvalue weighted by Crippen LogP contribution is -2.10. The fourth-order valence-electron chi connectivity index (χ4n) is 4.02. The first-order chi connectivity index (χ1) is 10.0. The van der Waals surface area contributed by atoms with Crippen LogP contribution >= 0.6 is 0 Å². The average Bonchev–Trinajstić information content (AvgIpc) is 3.08. The number of rotatable bonds is 1. The van der Waals surface area contributed by atoms with Crippen LogP contribution in [0.1, 0.15) is 68.6 Å². The van der Waals surface area contributed by atoms with Crippen molar-refractivity contribution in [3.63, 3.8) is 0 Å². The highest BCUT2D eigenvalue weighted by molar-refractivity contribution is 5.62. The summed E-state index contributed by atoms with van der Waals surface area (Å²) in [5.41, 5.74) is 7.09. The van der Waals surface area contributed by atoms with E-state index in [0.717, 1.165) is 17.5 Å². The summed E-state index contributed by atoms with van der Waals surface area (Å²) in [6.45, 7) is 6.77. The van der Waals surface area contributed by atoms with Crippen molar-refractivity contribution >= 4 is 0 Å². The van der Waals surface area contributed by atoms with E-state index in [1.54, 1.807) is 5.56 Å². The monoisotopic (exact) mass is 277 g/mol. The van der Waals surface area contributed by atoms with Gasteiger partial charge in [-0.2, -0.15) is 0 Å².